The second-order valence-electron chi connectivity index (χ2n) is 6.71. The largest absolute Gasteiger partial charge is 0.463 e. The number of nitrogens with one attached hydrogen (secondary N) is 1. The molecule has 2 aromatic rings. The monoisotopic (exact) mass is 455 g/mol. The molecule has 1 aromatic carbocycles. The molecular formula is C18H16ClF2N5O3S. The van der Waals surface area contributed by atoms with E-state index in [0.717, 1.165) is 17.4 Å². The Morgan fingerprint density at radius 2 is 1.97 bits per heavy atom. The van der Waals surface area contributed by atoms with Crippen LogP contribution in [-0.2, 0) is 0 Å². The minimum Gasteiger partial charge on any atom is -0.463 e. The number of hydrogen-bond acceptors (Lipinski definition) is 6. The first-order chi connectivity index (χ1) is 14.4. The van der Waals surface area contributed by atoms with Crippen molar-refractivity contribution in [3.05, 3.63) is 45.4 Å². The van der Waals surface area contributed by atoms with Gasteiger partial charge >= 0.3 is 6.03 Å². The molecular weight excluding hydrogens is 440 g/mol. The Morgan fingerprint density at radius 3 is 2.63 bits per heavy atom. The maximum Gasteiger partial charge on any atom is 0.341 e. The van der Waals surface area contributed by atoms with Crippen molar-refractivity contribution in [1.29, 1.82) is 0 Å². The van der Waals surface area contributed by atoms with Gasteiger partial charge in [-0.1, -0.05) is 22.9 Å². The first-order valence-electron chi connectivity index (χ1n) is 8.97. The van der Waals surface area contributed by atoms with E-state index in [0.29, 0.717) is 12.0 Å². The molecule has 1 aromatic heterocycles. The molecule has 1 fully saturated rings. The molecule has 3 amide bonds. The summed E-state index contributed by atoms with van der Waals surface area (Å²) in [7, 11) is 1.47. The summed E-state index contributed by atoms with van der Waals surface area (Å²) in [5.41, 5.74) is 0.425. The van der Waals surface area contributed by atoms with Crippen LogP contribution in [-0.4, -0.2) is 59.3 Å². The number of urea groups is 1. The zero-order valence-corrected chi connectivity index (χ0v) is 17.2. The molecule has 1 atom stereocenters. The predicted molar refractivity (Wildman–Crippen MR) is 106 cm³/mol. The number of carbonyl (C=O) groups excluding carboxylic acids is 2. The van der Waals surface area contributed by atoms with E-state index in [-0.39, 0.29) is 40.4 Å². The fourth-order valence-electron chi connectivity index (χ4n) is 3.19. The van der Waals surface area contributed by atoms with E-state index in [1.807, 2.05) is 0 Å². The van der Waals surface area contributed by atoms with Crippen LogP contribution in [0.5, 0.6) is 5.19 Å². The number of hydrazone groups is 1. The summed E-state index contributed by atoms with van der Waals surface area (Å²) in [4.78, 5) is 30.0. The summed E-state index contributed by atoms with van der Waals surface area (Å²) in [6, 6.07) is 2.21. The molecule has 0 spiro atoms. The van der Waals surface area contributed by atoms with Crippen LogP contribution in [0, 0.1) is 11.6 Å². The van der Waals surface area contributed by atoms with Crippen LogP contribution in [0.2, 0.25) is 4.34 Å². The molecule has 3 heterocycles. The third kappa shape index (κ3) is 3.94. The van der Waals surface area contributed by atoms with Crippen LogP contribution in [0.15, 0.2) is 23.3 Å². The van der Waals surface area contributed by atoms with E-state index in [2.05, 4.69) is 15.4 Å². The lowest BCUT2D eigenvalue weighted by Gasteiger charge is -2.40. The Balaban J connectivity index is 1.37. The highest BCUT2D eigenvalue weighted by Crippen LogP contribution is 2.33. The van der Waals surface area contributed by atoms with Crippen molar-refractivity contribution in [2.75, 3.05) is 20.1 Å². The second kappa shape index (κ2) is 8.15. The van der Waals surface area contributed by atoms with Gasteiger partial charge in [-0.15, -0.1) is 0 Å². The number of halogens is 3. The summed E-state index contributed by atoms with van der Waals surface area (Å²) in [5, 5.41) is 7.96. The van der Waals surface area contributed by atoms with Gasteiger partial charge in [-0.05, 0) is 17.7 Å². The van der Waals surface area contributed by atoms with Crippen LogP contribution in [0.1, 0.15) is 28.5 Å². The Morgan fingerprint density at radius 1 is 1.27 bits per heavy atom. The average Bonchev–Trinajstić information content (AvgIpc) is 3.29. The highest BCUT2D eigenvalue weighted by Gasteiger charge is 2.39. The molecule has 4 rings (SSSR count). The zero-order chi connectivity index (χ0) is 21.4. The van der Waals surface area contributed by atoms with Gasteiger partial charge in [-0.2, -0.15) is 10.1 Å². The Labute approximate surface area is 179 Å². The average molecular weight is 456 g/mol. The lowest BCUT2D eigenvalue weighted by molar-refractivity contribution is 0.0275. The molecule has 0 aliphatic carbocycles. The molecule has 158 valence electrons. The molecule has 8 nitrogen and oxygen atoms in total. The van der Waals surface area contributed by atoms with E-state index in [1.54, 1.807) is 0 Å². The number of carbonyl (C=O) groups is 2. The molecule has 2 aliphatic rings. The second-order valence-corrected chi connectivity index (χ2v) is 8.27. The molecule has 0 unspecified atom stereocenters. The van der Waals surface area contributed by atoms with Crippen LogP contribution >= 0.6 is 22.9 Å². The van der Waals surface area contributed by atoms with E-state index in [9.17, 15) is 18.4 Å². The van der Waals surface area contributed by atoms with Gasteiger partial charge in [0.15, 0.2) is 5.69 Å². The lowest BCUT2D eigenvalue weighted by Crippen LogP contribution is -2.58. The number of hydrogen-bond donors (Lipinski definition) is 1. The minimum atomic E-state index is -0.708. The van der Waals surface area contributed by atoms with Gasteiger partial charge in [0.05, 0.1) is 19.1 Å². The first-order valence-corrected chi connectivity index (χ1v) is 10.2. The number of aromatic nitrogens is 1. The van der Waals surface area contributed by atoms with Crippen LogP contribution in [0.25, 0.3) is 0 Å². The van der Waals surface area contributed by atoms with Crippen molar-refractivity contribution in [1.82, 2.24) is 20.2 Å². The SMILES string of the molecule is CNC(=O)c1nc(OC2CN(C(=O)N3N=CC[C@H]3c3cc(F)cc(F)c3)C2)sc1Cl. The number of ether oxygens (including phenoxy) is 1. The predicted octanol–water partition coefficient (Wildman–Crippen LogP) is 3.05. The molecule has 0 radical (unpaired) electrons. The summed E-state index contributed by atoms with van der Waals surface area (Å²) in [5.74, 6) is -1.83. The third-order valence-corrected chi connectivity index (χ3v) is 5.84. The number of amides is 3. The smallest absolute Gasteiger partial charge is 0.341 e. The van der Waals surface area contributed by atoms with Gasteiger partial charge in [-0.25, -0.2) is 18.6 Å². The summed E-state index contributed by atoms with van der Waals surface area (Å²) in [6.07, 6.45) is 1.59. The number of benzene rings is 1. The highest BCUT2D eigenvalue weighted by molar-refractivity contribution is 7.17. The summed E-state index contributed by atoms with van der Waals surface area (Å²) in [6.45, 7) is 0.559. The molecule has 12 heteroatoms. The Bertz CT molecular complexity index is 1010. The van der Waals surface area contributed by atoms with E-state index in [4.69, 9.17) is 16.3 Å². The van der Waals surface area contributed by atoms with Crippen LogP contribution in [0.4, 0.5) is 13.6 Å². The van der Waals surface area contributed by atoms with Gasteiger partial charge in [0, 0.05) is 25.7 Å². The van der Waals surface area contributed by atoms with Gasteiger partial charge < -0.3 is 15.0 Å². The van der Waals surface area contributed by atoms with Crippen molar-refractivity contribution < 1.29 is 23.1 Å². The molecule has 0 saturated carbocycles. The van der Waals surface area contributed by atoms with Gasteiger partial charge in [0.25, 0.3) is 11.1 Å². The number of nitrogens with zero attached hydrogens (tertiary/aromatic N) is 4. The molecule has 1 N–H and O–H groups in total. The van der Waals surface area contributed by atoms with Crippen molar-refractivity contribution in [3.63, 3.8) is 0 Å². The van der Waals surface area contributed by atoms with E-state index < -0.39 is 23.6 Å². The first kappa shape index (κ1) is 20.5. The summed E-state index contributed by atoms with van der Waals surface area (Å²) >= 11 is 7.03. The molecule has 2 aliphatic heterocycles. The van der Waals surface area contributed by atoms with Crippen molar-refractivity contribution in [2.24, 2.45) is 5.10 Å². The van der Waals surface area contributed by atoms with Crippen molar-refractivity contribution in [3.8, 4) is 5.19 Å². The molecule has 1 saturated heterocycles. The topological polar surface area (TPSA) is 87.1 Å². The van der Waals surface area contributed by atoms with Gasteiger partial charge in [0.2, 0.25) is 0 Å². The third-order valence-electron chi connectivity index (χ3n) is 4.69. The normalized spacial score (nSPS) is 18.5. The Kier molecular flexibility index (Phi) is 5.56. The van der Waals surface area contributed by atoms with Crippen molar-refractivity contribution in [2.45, 2.75) is 18.6 Å². The maximum absolute atomic E-state index is 13.6. The van der Waals surface area contributed by atoms with Crippen molar-refractivity contribution >= 4 is 41.1 Å². The quantitative estimate of drug-likeness (QED) is 0.767. The van der Waals surface area contributed by atoms with Crippen LogP contribution < -0.4 is 10.1 Å². The standard InChI is InChI=1S/C18H16ClF2N5O3S/c1-22-16(27)14-15(19)30-17(24-14)29-12-7-25(8-12)18(28)26-13(2-3-23-26)9-4-10(20)6-11(21)5-9/h3-6,12-13H,2,7-8H2,1H3,(H,22,27)/t13-/m0/s1. The van der Waals surface area contributed by atoms with Crippen LogP contribution in [0.3, 0.4) is 0 Å². The number of likely N-dealkylation sites (tertiary alicyclic amines) is 1. The molecule has 0 bridgehead atoms. The lowest BCUT2D eigenvalue weighted by atomic mass is 10.0. The van der Waals surface area contributed by atoms with E-state index >= 15 is 0 Å². The number of rotatable bonds is 4. The Hall–Kier alpha value is -2.79. The highest BCUT2D eigenvalue weighted by atomic mass is 35.5. The fourth-order valence-corrected chi connectivity index (χ4v) is 4.23. The maximum atomic E-state index is 13.6. The number of thiazole rings is 1. The van der Waals surface area contributed by atoms with Gasteiger partial charge in [-0.3, -0.25) is 4.79 Å². The minimum absolute atomic E-state index is 0.0861. The zero-order valence-electron chi connectivity index (χ0n) is 15.6. The molecule has 30 heavy (non-hydrogen) atoms. The fraction of sp³-hybridized carbons (Fsp3) is 0.333. The summed E-state index contributed by atoms with van der Waals surface area (Å²) < 4.78 is 33.0. The van der Waals surface area contributed by atoms with E-state index in [1.165, 1.54) is 35.3 Å². The van der Waals surface area contributed by atoms with Gasteiger partial charge in [0.1, 0.15) is 22.1 Å².